The molecule has 6 heteroatoms. The highest BCUT2D eigenvalue weighted by molar-refractivity contribution is 5.71. The monoisotopic (exact) mass is 917 g/mol. The van der Waals surface area contributed by atoms with Gasteiger partial charge in [0, 0.05) is 19.3 Å². The summed E-state index contributed by atoms with van der Waals surface area (Å²) in [5.74, 6) is -0.983. The van der Waals surface area contributed by atoms with Crippen molar-refractivity contribution in [3.63, 3.8) is 0 Å². The minimum absolute atomic E-state index is 0.108. The number of rotatable bonds is 48. The van der Waals surface area contributed by atoms with Crippen molar-refractivity contribution in [2.24, 2.45) is 0 Å². The van der Waals surface area contributed by atoms with Crippen LogP contribution >= 0.6 is 0 Å². The molecule has 0 rings (SSSR count). The van der Waals surface area contributed by atoms with Crippen molar-refractivity contribution in [3.05, 3.63) is 97.2 Å². The summed E-state index contributed by atoms with van der Waals surface area (Å²) in [7, 11) is 0. The van der Waals surface area contributed by atoms with Crippen LogP contribution < -0.4 is 0 Å². The Bertz CT molecular complexity index is 1330. The van der Waals surface area contributed by atoms with E-state index in [-0.39, 0.29) is 37.5 Å². The molecule has 1 unspecified atom stereocenters. The first-order valence-electron chi connectivity index (χ1n) is 27.3. The van der Waals surface area contributed by atoms with E-state index in [2.05, 4.69) is 118 Å². The number of carbonyl (C=O) groups is 3. The number of allylic oxidation sites excluding steroid dienone is 16. The number of unbranched alkanes of at least 4 members (excludes halogenated alkanes) is 22. The minimum atomic E-state index is -0.812. The van der Waals surface area contributed by atoms with Crippen molar-refractivity contribution in [1.29, 1.82) is 0 Å². The predicted molar refractivity (Wildman–Crippen MR) is 284 cm³/mol. The van der Waals surface area contributed by atoms with Gasteiger partial charge in [0.25, 0.3) is 0 Å². The van der Waals surface area contributed by atoms with Crippen LogP contribution in [-0.4, -0.2) is 37.2 Å². The molecule has 6 nitrogen and oxygen atoms in total. The molecular weight excluding hydrogens is 817 g/mol. The third kappa shape index (κ3) is 51.3. The topological polar surface area (TPSA) is 78.9 Å². The zero-order valence-electron chi connectivity index (χ0n) is 42.9. The van der Waals surface area contributed by atoms with Crippen LogP contribution in [0.1, 0.15) is 245 Å². The van der Waals surface area contributed by atoms with Crippen LogP contribution in [0.3, 0.4) is 0 Å². The molecule has 0 saturated heterocycles. The molecule has 376 valence electrons. The first kappa shape index (κ1) is 62.3. The van der Waals surface area contributed by atoms with Gasteiger partial charge in [-0.15, -0.1) is 0 Å². The molecule has 66 heavy (non-hydrogen) atoms. The first-order valence-corrected chi connectivity index (χ1v) is 27.3. The fourth-order valence-corrected chi connectivity index (χ4v) is 7.22. The molecule has 0 spiro atoms. The Morgan fingerprint density at radius 3 is 1.03 bits per heavy atom. The second-order valence-electron chi connectivity index (χ2n) is 17.8. The van der Waals surface area contributed by atoms with Crippen LogP contribution in [0.15, 0.2) is 97.2 Å². The van der Waals surface area contributed by atoms with Gasteiger partial charge in [-0.25, -0.2) is 0 Å². The number of ether oxygens (including phenoxy) is 3. The van der Waals surface area contributed by atoms with Gasteiger partial charge in [-0.05, 0) is 116 Å². The SMILES string of the molecule is CC/C=C\C/C=C\C/C=C\C/C=C\C/C=C\CCCCCC(=O)OCC(COC(=O)CCCCC/C=C\CCCCCCCC)OC(=O)CCCCC/C=C\C=C/CCCCCCCCC. The van der Waals surface area contributed by atoms with Crippen LogP contribution in [0.2, 0.25) is 0 Å². The van der Waals surface area contributed by atoms with Crippen LogP contribution in [0.4, 0.5) is 0 Å². The van der Waals surface area contributed by atoms with Crippen molar-refractivity contribution in [2.75, 3.05) is 13.2 Å². The molecule has 0 amide bonds. The number of esters is 3. The maximum Gasteiger partial charge on any atom is 0.306 e. The van der Waals surface area contributed by atoms with Gasteiger partial charge in [-0.3, -0.25) is 14.4 Å². The number of carbonyl (C=O) groups excluding carboxylic acids is 3. The van der Waals surface area contributed by atoms with E-state index < -0.39 is 6.10 Å². The van der Waals surface area contributed by atoms with Gasteiger partial charge >= 0.3 is 17.9 Å². The second-order valence-corrected chi connectivity index (χ2v) is 17.8. The Kier molecular flexibility index (Phi) is 50.9. The summed E-state index contributed by atoms with van der Waals surface area (Å²) in [5.41, 5.74) is 0. The fraction of sp³-hybridized carbons (Fsp3) is 0.683. The highest BCUT2D eigenvalue weighted by Gasteiger charge is 2.19. The van der Waals surface area contributed by atoms with E-state index in [0.29, 0.717) is 12.8 Å². The summed E-state index contributed by atoms with van der Waals surface area (Å²) in [4.78, 5) is 38.0. The van der Waals surface area contributed by atoms with Gasteiger partial charge in [0.1, 0.15) is 13.2 Å². The molecule has 0 aliphatic carbocycles. The molecule has 0 radical (unpaired) electrons. The molecule has 0 aromatic carbocycles. The lowest BCUT2D eigenvalue weighted by Crippen LogP contribution is -2.30. The zero-order chi connectivity index (χ0) is 47.9. The van der Waals surface area contributed by atoms with Crippen molar-refractivity contribution in [2.45, 2.75) is 252 Å². The Morgan fingerprint density at radius 2 is 0.636 bits per heavy atom. The molecular formula is C60H100O6. The van der Waals surface area contributed by atoms with E-state index >= 15 is 0 Å². The van der Waals surface area contributed by atoms with Crippen LogP contribution in [-0.2, 0) is 28.6 Å². The van der Waals surface area contributed by atoms with E-state index in [1.807, 2.05) is 0 Å². The van der Waals surface area contributed by atoms with Crippen molar-refractivity contribution < 1.29 is 28.6 Å². The minimum Gasteiger partial charge on any atom is -0.462 e. The summed E-state index contributed by atoms with van der Waals surface area (Å²) in [5, 5.41) is 0. The van der Waals surface area contributed by atoms with E-state index in [0.717, 1.165) is 122 Å². The molecule has 0 fully saturated rings. The van der Waals surface area contributed by atoms with Gasteiger partial charge in [-0.1, -0.05) is 208 Å². The standard InChI is InChI=1S/C60H100O6/c1-4-7-10-13-16-19-22-25-27-29-30-31-33-35-38-41-44-47-50-53-59(62)65-56-57(55-64-58(61)52-49-46-43-40-37-34-24-21-18-15-12-9-6-3)66-60(63)54-51-48-45-42-39-36-32-28-26-23-20-17-14-11-8-5-2/h7,10,16,19,25,27-28,30-32,34-39,57H,4-6,8-9,11-15,17-18,20-24,26,29,33,40-56H2,1-3H3/b10-7-,19-16-,27-25-,31-30-,32-28-,37-34-,38-35-,39-36-. The van der Waals surface area contributed by atoms with Crippen LogP contribution in [0.25, 0.3) is 0 Å². The lowest BCUT2D eigenvalue weighted by Gasteiger charge is -2.18. The lowest BCUT2D eigenvalue weighted by atomic mass is 10.1. The van der Waals surface area contributed by atoms with Gasteiger partial charge in [0.15, 0.2) is 6.10 Å². The molecule has 0 aromatic heterocycles. The summed E-state index contributed by atoms with van der Waals surface area (Å²) in [6.07, 6.45) is 71.1. The lowest BCUT2D eigenvalue weighted by molar-refractivity contribution is -0.167. The Labute approximate surface area is 407 Å². The normalized spacial score (nSPS) is 12.8. The van der Waals surface area contributed by atoms with Gasteiger partial charge < -0.3 is 14.2 Å². The third-order valence-corrected chi connectivity index (χ3v) is 11.3. The van der Waals surface area contributed by atoms with Crippen LogP contribution in [0, 0.1) is 0 Å². The number of hydrogen-bond acceptors (Lipinski definition) is 6. The summed E-state index contributed by atoms with van der Waals surface area (Å²) in [6.45, 7) is 6.44. The molecule has 0 aromatic rings. The van der Waals surface area contributed by atoms with E-state index in [1.165, 1.54) is 83.5 Å². The Balaban J connectivity index is 4.51. The molecule has 1 atom stereocenters. The Morgan fingerprint density at radius 1 is 0.333 bits per heavy atom. The highest BCUT2D eigenvalue weighted by Crippen LogP contribution is 2.13. The first-order chi connectivity index (χ1) is 32.5. The van der Waals surface area contributed by atoms with Crippen molar-refractivity contribution in [1.82, 2.24) is 0 Å². The quantitative estimate of drug-likeness (QED) is 0.0199. The van der Waals surface area contributed by atoms with Gasteiger partial charge in [-0.2, -0.15) is 0 Å². The summed E-state index contributed by atoms with van der Waals surface area (Å²) >= 11 is 0. The van der Waals surface area contributed by atoms with Gasteiger partial charge in [0.2, 0.25) is 0 Å². The summed E-state index contributed by atoms with van der Waals surface area (Å²) in [6, 6.07) is 0. The fourth-order valence-electron chi connectivity index (χ4n) is 7.22. The average molecular weight is 917 g/mol. The molecule has 0 aliphatic rings. The zero-order valence-corrected chi connectivity index (χ0v) is 42.9. The largest absolute Gasteiger partial charge is 0.462 e. The Hall–Kier alpha value is -3.67. The highest BCUT2D eigenvalue weighted by atomic mass is 16.6. The van der Waals surface area contributed by atoms with Crippen molar-refractivity contribution >= 4 is 17.9 Å². The van der Waals surface area contributed by atoms with Crippen molar-refractivity contribution in [3.8, 4) is 0 Å². The van der Waals surface area contributed by atoms with E-state index in [9.17, 15) is 14.4 Å². The van der Waals surface area contributed by atoms with Gasteiger partial charge in [0.05, 0.1) is 0 Å². The predicted octanol–water partition coefficient (Wildman–Crippen LogP) is 18.1. The maximum atomic E-state index is 12.8. The van der Waals surface area contributed by atoms with E-state index in [4.69, 9.17) is 14.2 Å². The molecule has 0 saturated carbocycles. The number of hydrogen-bond donors (Lipinski definition) is 0. The van der Waals surface area contributed by atoms with E-state index in [1.54, 1.807) is 0 Å². The van der Waals surface area contributed by atoms with Crippen LogP contribution in [0.5, 0.6) is 0 Å². The average Bonchev–Trinajstić information content (AvgIpc) is 3.31. The third-order valence-electron chi connectivity index (χ3n) is 11.3. The molecule has 0 bridgehead atoms. The molecule has 0 heterocycles. The second kappa shape index (κ2) is 53.9. The summed E-state index contributed by atoms with van der Waals surface area (Å²) < 4.78 is 16.8. The maximum absolute atomic E-state index is 12.8. The smallest absolute Gasteiger partial charge is 0.306 e. The molecule has 0 N–H and O–H groups in total. The molecule has 0 aliphatic heterocycles.